The molecule has 0 saturated heterocycles. The number of aromatic nitrogens is 2. The van der Waals surface area contributed by atoms with Gasteiger partial charge in [0, 0.05) is 43.9 Å². The smallest absolute Gasteiger partial charge is 0.225 e. The highest BCUT2D eigenvalue weighted by molar-refractivity contribution is 7.09. The van der Waals surface area contributed by atoms with Crippen LogP contribution in [0.5, 0.6) is 0 Å². The first-order valence-electron chi connectivity index (χ1n) is 8.04. The molecule has 24 heavy (non-hydrogen) atoms. The molecule has 128 valence electrons. The van der Waals surface area contributed by atoms with E-state index in [1.165, 1.54) is 0 Å². The fourth-order valence-electron chi connectivity index (χ4n) is 2.86. The number of carbonyl (C=O) groups is 1. The third kappa shape index (κ3) is 3.91. The highest BCUT2D eigenvalue weighted by Crippen LogP contribution is 2.24. The number of aryl methyl sites for hydroxylation is 1. The maximum atomic E-state index is 12.4. The van der Waals surface area contributed by atoms with Crippen molar-refractivity contribution in [3.8, 4) is 0 Å². The van der Waals surface area contributed by atoms with Gasteiger partial charge in [-0.05, 0) is 13.0 Å². The minimum Gasteiger partial charge on any atom is -0.384 e. The van der Waals surface area contributed by atoms with Gasteiger partial charge in [0.2, 0.25) is 5.91 Å². The minimum atomic E-state index is 0.123. The zero-order valence-corrected chi connectivity index (χ0v) is 14.9. The maximum Gasteiger partial charge on any atom is 0.225 e. The standard InChI is InChI=1S/C17H22N4O2S/c1-13-19-15(12-24-13)11-21-8-7-20(16(22)5-9-23-2)10-14-4-3-6-18-17(14)21/h3-4,6,12H,5,7-11H2,1-2H3. The Balaban J connectivity index is 1.79. The van der Waals surface area contributed by atoms with Crippen molar-refractivity contribution >= 4 is 23.1 Å². The van der Waals surface area contributed by atoms with Crippen molar-refractivity contribution in [3.05, 3.63) is 40.0 Å². The van der Waals surface area contributed by atoms with E-state index < -0.39 is 0 Å². The third-order valence-electron chi connectivity index (χ3n) is 4.06. The van der Waals surface area contributed by atoms with E-state index in [0.717, 1.165) is 28.6 Å². The molecular weight excluding hydrogens is 324 g/mol. The summed E-state index contributed by atoms with van der Waals surface area (Å²) in [5, 5.41) is 3.15. The lowest BCUT2D eigenvalue weighted by molar-refractivity contribution is -0.132. The monoisotopic (exact) mass is 346 g/mol. The average Bonchev–Trinajstić information content (AvgIpc) is 2.90. The summed E-state index contributed by atoms with van der Waals surface area (Å²) in [5.41, 5.74) is 2.13. The predicted octanol–water partition coefficient (Wildman–Crippen LogP) is 2.23. The number of hydrogen-bond acceptors (Lipinski definition) is 6. The van der Waals surface area contributed by atoms with E-state index in [-0.39, 0.29) is 5.91 Å². The molecule has 1 aliphatic heterocycles. The molecule has 1 aliphatic rings. The van der Waals surface area contributed by atoms with Crippen LogP contribution in [0.3, 0.4) is 0 Å². The summed E-state index contributed by atoms with van der Waals surface area (Å²) in [4.78, 5) is 25.6. The Morgan fingerprint density at radius 2 is 2.29 bits per heavy atom. The lowest BCUT2D eigenvalue weighted by atomic mass is 10.2. The van der Waals surface area contributed by atoms with Crippen molar-refractivity contribution in [2.45, 2.75) is 26.4 Å². The van der Waals surface area contributed by atoms with Crippen LogP contribution in [0.25, 0.3) is 0 Å². The quantitative estimate of drug-likeness (QED) is 0.831. The Labute approximate surface area is 146 Å². The number of pyridine rings is 1. The van der Waals surface area contributed by atoms with Gasteiger partial charge in [0.1, 0.15) is 5.82 Å². The van der Waals surface area contributed by atoms with Gasteiger partial charge in [0.25, 0.3) is 0 Å². The first-order chi connectivity index (χ1) is 11.7. The van der Waals surface area contributed by atoms with Gasteiger partial charge in [-0.1, -0.05) is 6.07 Å². The van der Waals surface area contributed by atoms with E-state index in [0.29, 0.717) is 32.7 Å². The molecule has 3 heterocycles. The molecule has 0 radical (unpaired) electrons. The van der Waals surface area contributed by atoms with Gasteiger partial charge in [0.05, 0.1) is 30.3 Å². The number of anilines is 1. The number of methoxy groups -OCH3 is 1. The molecule has 1 amide bonds. The second-order valence-electron chi connectivity index (χ2n) is 5.82. The number of ether oxygens (including phenoxy) is 1. The highest BCUT2D eigenvalue weighted by atomic mass is 32.1. The van der Waals surface area contributed by atoms with Crippen LogP contribution in [0.2, 0.25) is 0 Å². The summed E-state index contributed by atoms with van der Waals surface area (Å²) in [5.74, 6) is 1.07. The molecule has 0 fully saturated rings. The van der Waals surface area contributed by atoms with E-state index in [4.69, 9.17) is 4.74 Å². The molecule has 2 aromatic rings. The molecule has 0 bridgehead atoms. The molecule has 3 rings (SSSR count). The van der Waals surface area contributed by atoms with E-state index in [2.05, 4.69) is 20.2 Å². The van der Waals surface area contributed by atoms with Crippen LogP contribution in [0, 0.1) is 6.92 Å². The molecule has 2 aromatic heterocycles. The van der Waals surface area contributed by atoms with E-state index in [9.17, 15) is 4.79 Å². The number of rotatable bonds is 5. The Kier molecular flexibility index (Phi) is 5.42. The van der Waals surface area contributed by atoms with Crippen LogP contribution < -0.4 is 4.90 Å². The van der Waals surface area contributed by atoms with E-state index in [1.54, 1.807) is 24.6 Å². The number of nitrogens with zero attached hydrogens (tertiary/aromatic N) is 4. The van der Waals surface area contributed by atoms with E-state index >= 15 is 0 Å². The van der Waals surface area contributed by atoms with Crippen molar-refractivity contribution in [1.82, 2.24) is 14.9 Å². The lowest BCUT2D eigenvalue weighted by Crippen LogP contribution is -2.35. The van der Waals surface area contributed by atoms with Crippen LogP contribution >= 0.6 is 11.3 Å². The normalized spacial score (nSPS) is 14.4. The first-order valence-corrected chi connectivity index (χ1v) is 8.92. The van der Waals surface area contributed by atoms with Crippen molar-refractivity contribution in [2.75, 3.05) is 31.7 Å². The maximum absolute atomic E-state index is 12.4. The van der Waals surface area contributed by atoms with Crippen LogP contribution in [-0.4, -0.2) is 47.6 Å². The average molecular weight is 346 g/mol. The summed E-state index contributed by atoms with van der Waals surface area (Å²) in [6.45, 7) is 5.21. The minimum absolute atomic E-state index is 0.123. The second kappa shape index (κ2) is 7.72. The van der Waals surface area contributed by atoms with Crippen molar-refractivity contribution in [2.24, 2.45) is 0 Å². The van der Waals surface area contributed by atoms with Crippen molar-refractivity contribution in [1.29, 1.82) is 0 Å². The van der Waals surface area contributed by atoms with Crippen LogP contribution in [0.1, 0.15) is 22.7 Å². The van der Waals surface area contributed by atoms with E-state index in [1.807, 2.05) is 24.0 Å². The number of hydrogen-bond donors (Lipinski definition) is 0. The highest BCUT2D eigenvalue weighted by Gasteiger charge is 2.24. The molecule has 0 aliphatic carbocycles. The van der Waals surface area contributed by atoms with Gasteiger partial charge < -0.3 is 14.5 Å². The summed E-state index contributed by atoms with van der Waals surface area (Å²) >= 11 is 1.66. The fraction of sp³-hybridized carbons (Fsp3) is 0.471. The Hall–Kier alpha value is -1.99. The first kappa shape index (κ1) is 16.9. The largest absolute Gasteiger partial charge is 0.384 e. The van der Waals surface area contributed by atoms with Gasteiger partial charge >= 0.3 is 0 Å². The number of amides is 1. The zero-order chi connectivity index (χ0) is 16.9. The number of thiazole rings is 1. The summed E-state index contributed by atoms with van der Waals surface area (Å²) in [7, 11) is 1.62. The predicted molar refractivity (Wildman–Crippen MR) is 94.0 cm³/mol. The molecule has 0 saturated carbocycles. The number of carbonyl (C=O) groups excluding carboxylic acids is 1. The van der Waals surface area contributed by atoms with Crippen molar-refractivity contribution in [3.63, 3.8) is 0 Å². The molecule has 0 unspecified atom stereocenters. The van der Waals surface area contributed by atoms with Gasteiger partial charge in [-0.3, -0.25) is 4.79 Å². The number of fused-ring (bicyclic) bond motifs is 1. The van der Waals surface area contributed by atoms with Gasteiger partial charge in [0.15, 0.2) is 0 Å². The van der Waals surface area contributed by atoms with Crippen LogP contribution in [0.15, 0.2) is 23.7 Å². The Morgan fingerprint density at radius 3 is 3.04 bits per heavy atom. The molecular formula is C17H22N4O2S. The van der Waals surface area contributed by atoms with Crippen LogP contribution in [-0.2, 0) is 22.6 Å². The molecule has 0 atom stereocenters. The molecule has 6 nitrogen and oxygen atoms in total. The second-order valence-corrected chi connectivity index (χ2v) is 6.89. The zero-order valence-electron chi connectivity index (χ0n) is 14.1. The molecule has 0 spiro atoms. The SMILES string of the molecule is COCCC(=O)N1CCN(Cc2csc(C)n2)c2ncccc2C1. The molecule has 0 aromatic carbocycles. The molecule has 0 N–H and O–H groups in total. The topological polar surface area (TPSA) is 58.6 Å². The van der Waals surface area contributed by atoms with Gasteiger partial charge in [-0.2, -0.15) is 0 Å². The fourth-order valence-corrected chi connectivity index (χ4v) is 3.46. The summed E-state index contributed by atoms with van der Waals surface area (Å²) in [6.07, 6.45) is 2.22. The Bertz CT molecular complexity index is 703. The van der Waals surface area contributed by atoms with Gasteiger partial charge in [-0.15, -0.1) is 11.3 Å². The lowest BCUT2D eigenvalue weighted by Gasteiger charge is -2.23. The molecule has 7 heteroatoms. The summed E-state index contributed by atoms with van der Waals surface area (Å²) in [6, 6.07) is 3.97. The third-order valence-corrected chi connectivity index (χ3v) is 4.88. The summed E-state index contributed by atoms with van der Waals surface area (Å²) < 4.78 is 5.03. The van der Waals surface area contributed by atoms with Crippen LogP contribution in [0.4, 0.5) is 5.82 Å². The van der Waals surface area contributed by atoms with Gasteiger partial charge in [-0.25, -0.2) is 9.97 Å². The Morgan fingerprint density at radius 1 is 1.42 bits per heavy atom. The van der Waals surface area contributed by atoms with Crippen molar-refractivity contribution < 1.29 is 9.53 Å².